The number of ether oxygens (including phenoxy) is 1. The van der Waals surface area contributed by atoms with E-state index in [4.69, 9.17) is 4.74 Å². The van der Waals surface area contributed by atoms with Crippen LogP contribution in [0.5, 0.6) is 5.75 Å². The van der Waals surface area contributed by atoms with Crippen LogP contribution < -0.4 is 15.0 Å². The van der Waals surface area contributed by atoms with Crippen LogP contribution >= 0.6 is 0 Å². The highest BCUT2D eigenvalue weighted by Crippen LogP contribution is 2.27. The summed E-state index contributed by atoms with van der Waals surface area (Å²) in [5, 5.41) is 2.97. The second kappa shape index (κ2) is 9.40. The molecule has 1 N–H and O–H groups in total. The number of nitrogens with zero attached hydrogens (tertiary/aromatic N) is 1. The Labute approximate surface area is 166 Å². The molecule has 0 aromatic heterocycles. The molecule has 1 fully saturated rings. The molecular weight excluding hydrogens is 352 g/mol. The van der Waals surface area contributed by atoms with Crippen LogP contribution in [0.15, 0.2) is 48.5 Å². The number of nitrogens with one attached hydrogen (secondary N) is 1. The minimum atomic E-state index is -0.321. The monoisotopic (exact) mass is 380 g/mol. The summed E-state index contributed by atoms with van der Waals surface area (Å²) in [6.45, 7) is 5.74. The maximum absolute atomic E-state index is 12.5. The number of amides is 2. The topological polar surface area (TPSA) is 58.6 Å². The van der Waals surface area contributed by atoms with Gasteiger partial charge in [-0.15, -0.1) is 0 Å². The molecule has 2 amide bonds. The Morgan fingerprint density at radius 2 is 1.75 bits per heavy atom. The number of rotatable bonds is 8. The lowest BCUT2D eigenvalue weighted by atomic mass is 10.1. The van der Waals surface area contributed by atoms with Crippen LogP contribution in [0.25, 0.3) is 0 Å². The number of aryl methyl sites for hydroxylation is 1. The van der Waals surface area contributed by atoms with Gasteiger partial charge in [-0.05, 0) is 48.2 Å². The summed E-state index contributed by atoms with van der Waals surface area (Å²) in [7, 11) is 0. The molecule has 5 heteroatoms. The number of carbonyl (C=O) groups excluding carboxylic acids is 2. The lowest BCUT2D eigenvalue weighted by Gasteiger charge is -2.17. The van der Waals surface area contributed by atoms with E-state index in [1.165, 1.54) is 5.56 Å². The van der Waals surface area contributed by atoms with Gasteiger partial charge in [0.1, 0.15) is 5.75 Å². The molecule has 5 nitrogen and oxygen atoms in total. The van der Waals surface area contributed by atoms with E-state index in [1.54, 1.807) is 4.90 Å². The Balaban J connectivity index is 1.54. The third-order valence-corrected chi connectivity index (χ3v) is 5.02. The molecule has 0 spiro atoms. The third-order valence-electron chi connectivity index (χ3n) is 5.02. The maximum Gasteiger partial charge on any atom is 0.227 e. The predicted octanol–water partition coefficient (Wildman–Crippen LogP) is 3.71. The molecule has 1 aliphatic heterocycles. The first-order chi connectivity index (χ1) is 13.6. The van der Waals surface area contributed by atoms with E-state index in [0.717, 1.165) is 29.8 Å². The molecule has 0 aliphatic carbocycles. The van der Waals surface area contributed by atoms with Crippen molar-refractivity contribution < 1.29 is 14.3 Å². The fourth-order valence-corrected chi connectivity index (χ4v) is 3.30. The maximum atomic E-state index is 12.5. The predicted molar refractivity (Wildman–Crippen MR) is 110 cm³/mol. The van der Waals surface area contributed by atoms with Gasteiger partial charge in [0.15, 0.2) is 0 Å². The highest BCUT2D eigenvalue weighted by molar-refractivity contribution is 6.00. The number of hydrogen-bond acceptors (Lipinski definition) is 3. The van der Waals surface area contributed by atoms with Gasteiger partial charge in [0, 0.05) is 25.2 Å². The van der Waals surface area contributed by atoms with Crippen LogP contribution in [0.2, 0.25) is 0 Å². The average molecular weight is 380 g/mol. The van der Waals surface area contributed by atoms with Gasteiger partial charge in [0.2, 0.25) is 11.8 Å². The Morgan fingerprint density at radius 3 is 2.39 bits per heavy atom. The van der Waals surface area contributed by atoms with Gasteiger partial charge in [-0.2, -0.15) is 0 Å². The Bertz CT molecular complexity index is 800. The van der Waals surface area contributed by atoms with Crippen molar-refractivity contribution in [2.75, 3.05) is 18.1 Å². The molecule has 1 heterocycles. The minimum Gasteiger partial charge on any atom is -0.494 e. The third kappa shape index (κ3) is 4.91. The van der Waals surface area contributed by atoms with Crippen molar-refractivity contribution >= 4 is 17.5 Å². The molecule has 3 rings (SSSR count). The van der Waals surface area contributed by atoms with Gasteiger partial charge >= 0.3 is 0 Å². The number of carbonyl (C=O) groups is 2. The zero-order valence-corrected chi connectivity index (χ0v) is 16.6. The van der Waals surface area contributed by atoms with Crippen molar-refractivity contribution in [1.82, 2.24) is 5.32 Å². The largest absolute Gasteiger partial charge is 0.494 e. The highest BCUT2D eigenvalue weighted by atomic mass is 16.5. The summed E-state index contributed by atoms with van der Waals surface area (Å²) in [6.07, 6.45) is 2.19. The van der Waals surface area contributed by atoms with Crippen LogP contribution in [0, 0.1) is 5.92 Å². The highest BCUT2D eigenvalue weighted by Gasteiger charge is 2.34. The second-order valence-electron chi connectivity index (χ2n) is 7.14. The zero-order chi connectivity index (χ0) is 19.9. The molecule has 0 radical (unpaired) electrons. The molecule has 1 aliphatic rings. The van der Waals surface area contributed by atoms with E-state index in [1.807, 2.05) is 36.4 Å². The molecule has 2 aromatic rings. The summed E-state index contributed by atoms with van der Waals surface area (Å²) in [6, 6.07) is 15.7. The van der Waals surface area contributed by atoms with Crippen molar-refractivity contribution in [3.8, 4) is 5.75 Å². The minimum absolute atomic E-state index is 0.0188. The molecule has 1 atom stereocenters. The van der Waals surface area contributed by atoms with E-state index in [2.05, 4.69) is 31.3 Å². The van der Waals surface area contributed by atoms with E-state index in [0.29, 0.717) is 19.7 Å². The zero-order valence-electron chi connectivity index (χ0n) is 16.6. The van der Waals surface area contributed by atoms with Crippen LogP contribution in [-0.2, 0) is 22.6 Å². The number of hydrogen-bond donors (Lipinski definition) is 1. The first-order valence-electron chi connectivity index (χ1n) is 9.99. The summed E-state index contributed by atoms with van der Waals surface area (Å²) in [5.74, 6) is 0.382. The van der Waals surface area contributed by atoms with Crippen molar-refractivity contribution in [3.63, 3.8) is 0 Å². The van der Waals surface area contributed by atoms with Crippen molar-refractivity contribution in [3.05, 3.63) is 59.7 Å². The summed E-state index contributed by atoms with van der Waals surface area (Å²) in [5.41, 5.74) is 3.15. The van der Waals surface area contributed by atoms with E-state index in [9.17, 15) is 9.59 Å². The molecule has 148 valence electrons. The molecule has 0 saturated carbocycles. The molecule has 2 aromatic carbocycles. The average Bonchev–Trinajstić information content (AvgIpc) is 3.13. The number of anilines is 1. The fraction of sp³-hybridized carbons (Fsp3) is 0.391. The van der Waals surface area contributed by atoms with Gasteiger partial charge in [-0.25, -0.2) is 0 Å². The lowest BCUT2D eigenvalue weighted by Crippen LogP contribution is -2.32. The van der Waals surface area contributed by atoms with Crippen molar-refractivity contribution in [2.24, 2.45) is 5.92 Å². The quantitative estimate of drug-likeness (QED) is 0.760. The standard InChI is InChI=1S/C23H28N2O3/c1-3-13-28-21-11-9-20(10-12-21)25-16-19(14-22(25)26)23(27)24-15-18-7-5-17(4-2)6-8-18/h5-12,19H,3-4,13-16H2,1-2H3,(H,24,27)/t19-/m0/s1. The first-order valence-corrected chi connectivity index (χ1v) is 9.99. The van der Waals surface area contributed by atoms with E-state index in [-0.39, 0.29) is 24.2 Å². The Morgan fingerprint density at radius 1 is 1.07 bits per heavy atom. The molecule has 28 heavy (non-hydrogen) atoms. The molecule has 0 unspecified atom stereocenters. The Hall–Kier alpha value is -2.82. The normalized spacial score (nSPS) is 16.3. The molecule has 0 bridgehead atoms. The summed E-state index contributed by atoms with van der Waals surface area (Å²) >= 11 is 0. The van der Waals surface area contributed by atoms with Gasteiger partial charge in [-0.1, -0.05) is 38.1 Å². The smallest absolute Gasteiger partial charge is 0.227 e. The van der Waals surface area contributed by atoms with Gasteiger partial charge in [0.25, 0.3) is 0 Å². The van der Waals surface area contributed by atoms with Crippen LogP contribution in [0.1, 0.15) is 37.8 Å². The van der Waals surface area contributed by atoms with Crippen molar-refractivity contribution in [1.29, 1.82) is 0 Å². The Kier molecular flexibility index (Phi) is 6.69. The van der Waals surface area contributed by atoms with Crippen LogP contribution in [0.4, 0.5) is 5.69 Å². The van der Waals surface area contributed by atoms with Crippen molar-refractivity contribution in [2.45, 2.75) is 39.7 Å². The molecular formula is C23H28N2O3. The fourth-order valence-electron chi connectivity index (χ4n) is 3.30. The number of benzene rings is 2. The summed E-state index contributed by atoms with van der Waals surface area (Å²) < 4.78 is 5.58. The van der Waals surface area contributed by atoms with Crippen LogP contribution in [0.3, 0.4) is 0 Å². The SMILES string of the molecule is CCCOc1ccc(N2C[C@@H](C(=O)NCc3ccc(CC)cc3)CC2=O)cc1. The first kappa shape index (κ1) is 19.9. The van der Waals surface area contributed by atoms with Gasteiger partial charge in [-0.3, -0.25) is 9.59 Å². The van der Waals surface area contributed by atoms with E-state index < -0.39 is 0 Å². The van der Waals surface area contributed by atoms with Gasteiger partial charge < -0.3 is 15.0 Å². The molecule has 1 saturated heterocycles. The van der Waals surface area contributed by atoms with E-state index >= 15 is 0 Å². The van der Waals surface area contributed by atoms with Crippen LogP contribution in [-0.4, -0.2) is 25.0 Å². The lowest BCUT2D eigenvalue weighted by molar-refractivity contribution is -0.126. The summed E-state index contributed by atoms with van der Waals surface area (Å²) in [4.78, 5) is 26.6. The van der Waals surface area contributed by atoms with Gasteiger partial charge in [0.05, 0.1) is 12.5 Å². The second-order valence-corrected chi connectivity index (χ2v) is 7.14.